The molecule has 17 heteroatoms. The third kappa shape index (κ3) is 14.5. The lowest BCUT2D eigenvalue weighted by Gasteiger charge is -2.29. The number of phosphoric acid groups is 1. The lowest BCUT2D eigenvalue weighted by atomic mass is 9.92. The van der Waals surface area contributed by atoms with Crippen molar-refractivity contribution in [2.75, 3.05) is 32.2 Å². The molecule has 0 radical (unpaired) electrons. The van der Waals surface area contributed by atoms with Crippen LogP contribution in [0.5, 0.6) is 0 Å². The smallest absolute Gasteiger partial charge is 0.382 e. The Labute approximate surface area is 365 Å². The summed E-state index contributed by atoms with van der Waals surface area (Å²) < 4.78 is 70.2. The van der Waals surface area contributed by atoms with E-state index in [1.807, 2.05) is 6.07 Å². The van der Waals surface area contributed by atoms with Crippen LogP contribution in [0.15, 0.2) is 36.7 Å². The summed E-state index contributed by atoms with van der Waals surface area (Å²) >= 11 is 0. The minimum absolute atomic E-state index is 0.0268. The largest absolute Gasteiger partial charge is 0.472 e. The predicted octanol–water partition coefficient (Wildman–Crippen LogP) is 9.35. The summed E-state index contributed by atoms with van der Waals surface area (Å²) in [6.07, 6.45) is 19.1. The molecule has 3 aromatic rings. The quantitative estimate of drug-likeness (QED) is 0.0473. The molecule has 2 aliphatic rings. The fourth-order valence-electron chi connectivity index (χ4n) is 8.15. The standard InChI is InChI=1S/C45H66FN6O9P/c1-4-5-6-7-8-9-10-11-12-13-14-15-16-17-18-19-20-23-55-29-37(56-28-35-24-34(27-47)25-36(46)26-35)30-57-62(53,54)58-31-39-41-42(61-44(2,3)60-41)45(32-48,59-39)40-22-21-38-43(49)50-33-51-52(38)40/h21-22,24-26,33,37,39,41-42H,4-20,23,28-31H2,1-3H3,(H,53,54)(H2,49,50,51)/t37-,39-,41-,42-,45+/m1/s1. The first-order chi connectivity index (χ1) is 29.9. The molecule has 62 heavy (non-hydrogen) atoms. The molecule has 1 unspecified atom stereocenters. The van der Waals surface area contributed by atoms with Crippen LogP contribution in [0.1, 0.15) is 147 Å². The summed E-state index contributed by atoms with van der Waals surface area (Å²) in [6, 6.07) is 11.3. The molecular weight excluding hydrogens is 818 g/mol. The Balaban J connectivity index is 1.06. The molecule has 15 nitrogen and oxygen atoms in total. The lowest BCUT2D eigenvalue weighted by molar-refractivity contribution is -0.204. The Morgan fingerprint density at radius 1 is 0.903 bits per heavy atom. The van der Waals surface area contributed by atoms with Gasteiger partial charge in [-0.25, -0.2) is 18.5 Å². The molecule has 2 saturated heterocycles. The monoisotopic (exact) mass is 884 g/mol. The van der Waals surface area contributed by atoms with E-state index in [1.54, 1.807) is 26.0 Å². The molecule has 1 aromatic carbocycles. The fraction of sp³-hybridized carbons (Fsp3) is 0.689. The van der Waals surface area contributed by atoms with Crippen molar-refractivity contribution in [1.29, 1.82) is 10.5 Å². The van der Waals surface area contributed by atoms with Crippen LogP contribution < -0.4 is 5.73 Å². The zero-order valence-electron chi connectivity index (χ0n) is 36.7. The molecule has 2 aromatic heterocycles. The van der Waals surface area contributed by atoms with E-state index in [9.17, 15) is 24.4 Å². The molecule has 4 heterocycles. The van der Waals surface area contributed by atoms with E-state index in [4.69, 9.17) is 38.5 Å². The first-order valence-electron chi connectivity index (χ1n) is 22.4. The second-order valence-electron chi connectivity index (χ2n) is 16.9. The van der Waals surface area contributed by atoms with Crippen LogP contribution in [0.25, 0.3) is 5.52 Å². The van der Waals surface area contributed by atoms with Gasteiger partial charge in [0.05, 0.1) is 43.8 Å². The van der Waals surface area contributed by atoms with Gasteiger partial charge >= 0.3 is 7.82 Å². The van der Waals surface area contributed by atoms with Crippen molar-refractivity contribution in [2.24, 2.45) is 0 Å². The fourth-order valence-corrected chi connectivity index (χ4v) is 8.91. The Hall–Kier alpha value is -3.54. The van der Waals surface area contributed by atoms with Gasteiger partial charge in [-0.05, 0) is 56.2 Å². The molecule has 6 atom stereocenters. The van der Waals surface area contributed by atoms with Gasteiger partial charge in [-0.15, -0.1) is 0 Å². The number of nitrogens with zero attached hydrogens (tertiary/aromatic N) is 5. The predicted molar refractivity (Wildman–Crippen MR) is 230 cm³/mol. The number of halogens is 1. The van der Waals surface area contributed by atoms with Crippen LogP contribution in [0.2, 0.25) is 0 Å². The molecule has 2 fully saturated rings. The second-order valence-corrected chi connectivity index (χ2v) is 18.3. The van der Waals surface area contributed by atoms with E-state index >= 15 is 0 Å². The number of hydrogen-bond donors (Lipinski definition) is 2. The highest BCUT2D eigenvalue weighted by Gasteiger charge is 2.65. The minimum atomic E-state index is -4.76. The van der Waals surface area contributed by atoms with Crippen molar-refractivity contribution in [3.63, 3.8) is 0 Å². The summed E-state index contributed by atoms with van der Waals surface area (Å²) in [4.78, 5) is 14.8. The SMILES string of the molecule is CCCCCCCCCCCCCCCCCCCOC[C@H](COP(=O)(O)OC[C@H]1O[C@@](C#N)(c2ccc3c(N)ncnn23)[C@@H]2OC(C)(C)O[C@@H]21)OCc1cc(F)cc(C#N)c1. The van der Waals surface area contributed by atoms with Gasteiger partial charge in [0.15, 0.2) is 11.6 Å². The van der Waals surface area contributed by atoms with E-state index in [-0.39, 0.29) is 24.6 Å². The summed E-state index contributed by atoms with van der Waals surface area (Å²) in [5.74, 6) is -1.51. The van der Waals surface area contributed by atoms with E-state index in [1.165, 1.54) is 113 Å². The lowest BCUT2D eigenvalue weighted by Crippen LogP contribution is -2.40. The van der Waals surface area contributed by atoms with Gasteiger partial charge in [0.1, 0.15) is 48.1 Å². The van der Waals surface area contributed by atoms with Gasteiger partial charge in [-0.3, -0.25) is 9.05 Å². The molecule has 5 rings (SSSR count). The Morgan fingerprint density at radius 2 is 1.55 bits per heavy atom. The molecule has 3 N–H and O–H groups in total. The Morgan fingerprint density at radius 3 is 2.18 bits per heavy atom. The van der Waals surface area contributed by atoms with Crippen LogP contribution in [-0.2, 0) is 49.5 Å². The van der Waals surface area contributed by atoms with E-state index < -0.39 is 62.7 Å². The van der Waals surface area contributed by atoms with Crippen LogP contribution in [0.3, 0.4) is 0 Å². The number of ether oxygens (including phenoxy) is 5. The van der Waals surface area contributed by atoms with Gasteiger partial charge in [-0.1, -0.05) is 110 Å². The zero-order valence-corrected chi connectivity index (χ0v) is 37.6. The Kier molecular flexibility index (Phi) is 19.6. The number of hydrogen-bond acceptors (Lipinski definition) is 13. The third-order valence-electron chi connectivity index (χ3n) is 11.4. The number of nitriles is 2. The number of anilines is 1. The highest BCUT2D eigenvalue weighted by Crippen LogP contribution is 2.51. The van der Waals surface area contributed by atoms with Gasteiger partial charge in [0, 0.05) is 6.61 Å². The molecule has 0 aliphatic carbocycles. The maximum Gasteiger partial charge on any atom is 0.472 e. The van der Waals surface area contributed by atoms with Gasteiger partial charge < -0.3 is 34.3 Å². The van der Waals surface area contributed by atoms with Gasteiger partial charge in [-0.2, -0.15) is 15.6 Å². The highest BCUT2D eigenvalue weighted by molar-refractivity contribution is 7.47. The summed E-state index contributed by atoms with van der Waals surface area (Å²) in [6.45, 7) is 5.12. The van der Waals surface area contributed by atoms with Crippen molar-refractivity contribution < 1.29 is 46.6 Å². The number of nitrogen functional groups attached to an aromatic ring is 1. The molecule has 2 aliphatic heterocycles. The van der Waals surface area contributed by atoms with Crippen LogP contribution in [-0.4, -0.2) is 76.1 Å². The van der Waals surface area contributed by atoms with E-state index in [2.05, 4.69) is 23.1 Å². The minimum Gasteiger partial charge on any atom is -0.382 e. The molecule has 0 saturated carbocycles. The number of aromatic nitrogens is 3. The highest BCUT2D eigenvalue weighted by atomic mass is 31.2. The van der Waals surface area contributed by atoms with Crippen LogP contribution in [0.4, 0.5) is 10.2 Å². The summed E-state index contributed by atoms with van der Waals surface area (Å²) in [5.41, 5.74) is 5.59. The Bertz CT molecular complexity index is 1970. The number of fused-ring (bicyclic) bond motifs is 2. The first-order valence-corrected chi connectivity index (χ1v) is 23.9. The molecule has 0 amide bonds. The van der Waals surface area contributed by atoms with Crippen molar-refractivity contribution in [2.45, 2.75) is 172 Å². The molecular formula is C45H66FN6O9P. The third-order valence-corrected chi connectivity index (χ3v) is 12.3. The topological polar surface area (TPSA) is 206 Å². The van der Waals surface area contributed by atoms with Gasteiger partial charge in [0.25, 0.3) is 0 Å². The number of rotatable bonds is 30. The molecule has 342 valence electrons. The van der Waals surface area contributed by atoms with Gasteiger partial charge in [0.2, 0.25) is 5.60 Å². The zero-order chi connectivity index (χ0) is 44.4. The van der Waals surface area contributed by atoms with Crippen molar-refractivity contribution in [3.8, 4) is 12.1 Å². The normalized spacial score (nSPS) is 22.0. The average Bonchev–Trinajstić information content (AvgIpc) is 3.92. The van der Waals surface area contributed by atoms with Crippen molar-refractivity contribution in [3.05, 3.63) is 59.3 Å². The van der Waals surface area contributed by atoms with Crippen LogP contribution >= 0.6 is 7.82 Å². The number of nitrogens with two attached hydrogens (primary N) is 1. The number of benzene rings is 1. The second kappa shape index (κ2) is 24.5. The molecule has 0 spiro atoms. The average molecular weight is 885 g/mol. The molecule has 0 bridgehead atoms. The van der Waals surface area contributed by atoms with Crippen molar-refractivity contribution in [1.82, 2.24) is 14.6 Å². The van der Waals surface area contributed by atoms with Crippen LogP contribution in [0, 0.1) is 28.5 Å². The van der Waals surface area contributed by atoms with E-state index in [0.717, 1.165) is 25.3 Å². The van der Waals surface area contributed by atoms with Crippen molar-refractivity contribution >= 4 is 19.2 Å². The summed E-state index contributed by atoms with van der Waals surface area (Å²) in [7, 11) is -4.76. The van der Waals surface area contributed by atoms with E-state index in [0.29, 0.717) is 23.4 Å². The number of unbranched alkanes of at least 4 members (excludes halogenated alkanes) is 16. The summed E-state index contributed by atoms with van der Waals surface area (Å²) in [5, 5.41) is 24.2. The number of phosphoric ester groups is 1. The first kappa shape index (κ1) is 49.5. The maximum atomic E-state index is 14.2. The maximum absolute atomic E-state index is 14.2.